The van der Waals surface area contributed by atoms with E-state index in [-0.39, 0.29) is 5.56 Å². The Hall–Kier alpha value is -1.47. The van der Waals surface area contributed by atoms with Crippen molar-refractivity contribution in [3.8, 4) is 0 Å². The van der Waals surface area contributed by atoms with Crippen LogP contribution >= 0.6 is 0 Å². The molecular weight excluding hydrogens is 300 g/mol. The summed E-state index contributed by atoms with van der Waals surface area (Å²) in [6.07, 6.45) is 5.38. The summed E-state index contributed by atoms with van der Waals surface area (Å²) in [5.41, 5.74) is 0.730. The van der Waals surface area contributed by atoms with E-state index < -0.39 is 10.8 Å². The molecule has 0 radical (unpaired) electrons. The van der Waals surface area contributed by atoms with Crippen LogP contribution in [0.5, 0.6) is 0 Å². The fraction of sp³-hybridized carbons (Fsp3) is 0.600. The van der Waals surface area contributed by atoms with E-state index in [1.165, 1.54) is 0 Å². The summed E-state index contributed by atoms with van der Waals surface area (Å²) in [4.78, 5) is 23.4. The second-order valence-electron chi connectivity index (χ2n) is 5.53. The van der Waals surface area contributed by atoms with Gasteiger partial charge in [0.05, 0.1) is 5.69 Å². The van der Waals surface area contributed by atoms with Crippen LogP contribution in [0.15, 0.2) is 23.6 Å². The van der Waals surface area contributed by atoms with Gasteiger partial charge in [0, 0.05) is 48.1 Å². The van der Waals surface area contributed by atoms with Crippen LogP contribution in [0, 0.1) is 0 Å². The zero-order valence-electron chi connectivity index (χ0n) is 13.1. The maximum Gasteiger partial charge on any atom is 0.290 e. The Morgan fingerprint density at radius 2 is 2.23 bits per heavy atom. The molecule has 0 saturated carbocycles. The van der Waals surface area contributed by atoms with Crippen LogP contribution in [0.3, 0.4) is 0 Å². The molecule has 1 aromatic heterocycles. The summed E-state index contributed by atoms with van der Waals surface area (Å²) in [5, 5.41) is 0. The van der Waals surface area contributed by atoms with Crippen molar-refractivity contribution >= 4 is 16.6 Å². The smallest absolute Gasteiger partial charge is 0.290 e. The van der Waals surface area contributed by atoms with Gasteiger partial charge in [0.1, 0.15) is 0 Å². The highest BCUT2D eigenvalue weighted by Gasteiger charge is 2.19. The zero-order valence-corrected chi connectivity index (χ0v) is 13.9. The summed E-state index contributed by atoms with van der Waals surface area (Å²) in [7, 11) is 1.30. The van der Waals surface area contributed by atoms with E-state index in [4.69, 9.17) is 0 Å². The summed E-state index contributed by atoms with van der Waals surface area (Å²) >= 11 is 0. The second kappa shape index (κ2) is 8.24. The molecular formula is C15H24N4O2S. The van der Waals surface area contributed by atoms with Gasteiger partial charge in [-0.25, -0.2) is 4.98 Å². The molecule has 22 heavy (non-hydrogen) atoms. The van der Waals surface area contributed by atoms with E-state index in [9.17, 15) is 9.00 Å². The molecule has 2 rings (SSSR count). The minimum Gasteiger partial charge on any atom is -0.350 e. The Morgan fingerprint density at radius 3 is 2.91 bits per heavy atom. The third-order valence-corrected chi connectivity index (χ3v) is 4.99. The number of aryl methyl sites for hydroxylation is 1. The van der Waals surface area contributed by atoms with Gasteiger partial charge >= 0.3 is 0 Å². The van der Waals surface area contributed by atoms with E-state index in [2.05, 4.69) is 28.5 Å². The highest BCUT2D eigenvalue weighted by atomic mass is 32.2. The number of rotatable bonds is 7. The van der Waals surface area contributed by atoms with Crippen LogP contribution in [0.2, 0.25) is 0 Å². The van der Waals surface area contributed by atoms with Crippen LogP contribution in [0.4, 0.5) is 5.82 Å². The maximum absolute atomic E-state index is 12.0. The molecule has 7 heteroatoms. The number of hydrogen-bond donors (Lipinski definition) is 1. The molecule has 0 aliphatic carbocycles. The average Bonchev–Trinajstić information content (AvgIpc) is 2.50. The average molecular weight is 324 g/mol. The molecule has 0 atom stereocenters. The number of aromatic amines is 1. The van der Waals surface area contributed by atoms with Gasteiger partial charge in [-0.05, 0) is 26.4 Å². The lowest BCUT2D eigenvalue weighted by Crippen LogP contribution is -2.41. The number of H-pyrrole nitrogens is 1. The number of anilines is 1. The molecule has 0 amide bonds. The lowest BCUT2D eigenvalue weighted by atomic mass is 10.2. The molecule has 6 nitrogen and oxygen atoms in total. The van der Waals surface area contributed by atoms with Crippen molar-refractivity contribution in [3.63, 3.8) is 0 Å². The fourth-order valence-electron chi connectivity index (χ4n) is 2.47. The van der Waals surface area contributed by atoms with Crippen molar-refractivity contribution in [2.45, 2.75) is 12.8 Å². The molecule has 1 aliphatic heterocycles. The predicted molar refractivity (Wildman–Crippen MR) is 91.0 cm³/mol. The van der Waals surface area contributed by atoms with Crippen molar-refractivity contribution in [2.75, 3.05) is 49.6 Å². The van der Waals surface area contributed by atoms with Crippen LogP contribution in [-0.4, -0.2) is 63.8 Å². The first-order chi connectivity index (χ1) is 10.6. The fourth-order valence-corrected chi connectivity index (χ4v) is 3.52. The Kier molecular flexibility index (Phi) is 6.33. The second-order valence-corrected chi connectivity index (χ2v) is 7.23. The van der Waals surface area contributed by atoms with E-state index in [1.807, 2.05) is 11.0 Å². The standard InChI is InChI=1S/C15H24N4O2S/c1-3-6-18(2)7-4-5-13-12-16-15(20)14(17-13)19-8-10-22(21)11-9-19/h3,12H,1,4-11H2,2H3,(H,16,20). The van der Waals surface area contributed by atoms with Crippen molar-refractivity contribution in [1.82, 2.24) is 14.9 Å². The number of likely N-dealkylation sites (N-methyl/N-ethyl adjacent to an activating group) is 1. The van der Waals surface area contributed by atoms with E-state index >= 15 is 0 Å². The predicted octanol–water partition coefficient (Wildman–Crippen LogP) is 0.389. The molecule has 122 valence electrons. The van der Waals surface area contributed by atoms with E-state index in [0.29, 0.717) is 30.4 Å². The van der Waals surface area contributed by atoms with Gasteiger partial charge < -0.3 is 14.8 Å². The maximum atomic E-state index is 12.0. The molecule has 0 spiro atoms. The minimum absolute atomic E-state index is 0.166. The van der Waals surface area contributed by atoms with Gasteiger partial charge in [0.2, 0.25) is 0 Å². The molecule has 0 bridgehead atoms. The highest BCUT2D eigenvalue weighted by molar-refractivity contribution is 7.85. The van der Waals surface area contributed by atoms with Crippen LogP contribution in [0.1, 0.15) is 12.1 Å². The number of hydrogen-bond acceptors (Lipinski definition) is 5. The highest BCUT2D eigenvalue weighted by Crippen LogP contribution is 2.10. The first-order valence-electron chi connectivity index (χ1n) is 7.58. The zero-order chi connectivity index (χ0) is 15.9. The van der Waals surface area contributed by atoms with Gasteiger partial charge in [-0.15, -0.1) is 6.58 Å². The van der Waals surface area contributed by atoms with Crippen LogP contribution < -0.4 is 10.5 Å². The van der Waals surface area contributed by atoms with Crippen LogP contribution in [0.25, 0.3) is 0 Å². The molecule has 1 N–H and O–H groups in total. The first-order valence-corrected chi connectivity index (χ1v) is 9.07. The molecule has 1 fully saturated rings. The Balaban J connectivity index is 1.96. The van der Waals surface area contributed by atoms with E-state index in [0.717, 1.165) is 31.6 Å². The van der Waals surface area contributed by atoms with Crippen molar-refractivity contribution < 1.29 is 4.21 Å². The molecule has 1 saturated heterocycles. The minimum atomic E-state index is -0.754. The quantitative estimate of drug-likeness (QED) is 0.735. The Labute approximate surface area is 133 Å². The molecule has 2 heterocycles. The van der Waals surface area contributed by atoms with Gasteiger partial charge in [0.15, 0.2) is 5.82 Å². The number of aromatic nitrogens is 2. The monoisotopic (exact) mass is 324 g/mol. The van der Waals surface area contributed by atoms with Crippen LogP contribution in [-0.2, 0) is 17.2 Å². The van der Waals surface area contributed by atoms with Crippen molar-refractivity contribution in [1.29, 1.82) is 0 Å². The molecule has 0 unspecified atom stereocenters. The largest absolute Gasteiger partial charge is 0.350 e. The third kappa shape index (κ3) is 4.78. The van der Waals surface area contributed by atoms with Gasteiger partial charge in [-0.1, -0.05) is 6.08 Å². The Morgan fingerprint density at radius 1 is 1.50 bits per heavy atom. The third-order valence-electron chi connectivity index (χ3n) is 3.71. The summed E-state index contributed by atoms with van der Waals surface area (Å²) in [6.45, 7) is 6.82. The van der Waals surface area contributed by atoms with Gasteiger partial charge in [-0.2, -0.15) is 0 Å². The summed E-state index contributed by atoms with van der Waals surface area (Å²) < 4.78 is 11.4. The number of nitrogens with one attached hydrogen (secondary N) is 1. The molecule has 1 aromatic rings. The lowest BCUT2D eigenvalue weighted by Gasteiger charge is -2.26. The normalized spacial score (nSPS) is 16.2. The van der Waals surface area contributed by atoms with Gasteiger partial charge in [0.25, 0.3) is 5.56 Å². The van der Waals surface area contributed by atoms with E-state index in [1.54, 1.807) is 6.20 Å². The van der Waals surface area contributed by atoms with Crippen molar-refractivity contribution in [2.24, 2.45) is 0 Å². The lowest BCUT2D eigenvalue weighted by molar-refractivity contribution is 0.363. The summed E-state index contributed by atoms with van der Waals surface area (Å²) in [6, 6.07) is 0. The molecule has 0 aromatic carbocycles. The van der Waals surface area contributed by atoms with Crippen molar-refractivity contribution in [3.05, 3.63) is 34.9 Å². The Bertz CT molecular complexity index is 577. The topological polar surface area (TPSA) is 69.3 Å². The van der Waals surface area contributed by atoms with Gasteiger partial charge in [-0.3, -0.25) is 9.00 Å². The number of nitrogens with zero attached hydrogens (tertiary/aromatic N) is 3. The molecule has 1 aliphatic rings. The summed E-state index contributed by atoms with van der Waals surface area (Å²) in [5.74, 6) is 1.68. The SMILES string of the molecule is C=CCN(C)CCCc1c[nH]c(=O)c(N2CCS(=O)CC2)n1. The first kappa shape index (κ1) is 16.9.